The van der Waals surface area contributed by atoms with E-state index in [0.717, 1.165) is 12.8 Å². The molecule has 0 N–H and O–H groups in total. The molecule has 0 unspecified atom stereocenters. The Labute approximate surface area is 81.0 Å². The van der Waals surface area contributed by atoms with Crippen molar-refractivity contribution in [1.29, 1.82) is 0 Å². The fourth-order valence-corrected chi connectivity index (χ4v) is 1.58. The number of hydrogen-bond donors (Lipinski definition) is 0. The SMILES string of the molecule is C=C(C)C[C@@H](C)C[C@@H](C)C(=O)OC. The summed E-state index contributed by atoms with van der Waals surface area (Å²) in [5.74, 6) is 0.388. The van der Waals surface area contributed by atoms with Crippen LogP contribution in [0.15, 0.2) is 12.2 Å². The molecule has 0 aliphatic heterocycles. The lowest BCUT2D eigenvalue weighted by molar-refractivity contribution is -0.145. The number of esters is 1. The number of allylic oxidation sites excluding steroid dienone is 1. The lowest BCUT2D eigenvalue weighted by Crippen LogP contribution is -2.15. The molecule has 0 radical (unpaired) electrons. The highest BCUT2D eigenvalue weighted by atomic mass is 16.5. The van der Waals surface area contributed by atoms with Crippen molar-refractivity contribution in [2.45, 2.75) is 33.6 Å². The van der Waals surface area contributed by atoms with Crippen LogP contribution in [0.3, 0.4) is 0 Å². The molecule has 0 spiro atoms. The van der Waals surface area contributed by atoms with Crippen LogP contribution in [-0.2, 0) is 9.53 Å². The molecule has 0 saturated carbocycles. The van der Waals surface area contributed by atoms with Gasteiger partial charge in [-0.15, -0.1) is 6.58 Å². The second-order valence-electron chi connectivity index (χ2n) is 3.93. The Morgan fingerprint density at radius 3 is 2.38 bits per heavy atom. The first kappa shape index (κ1) is 12.2. The highest BCUT2D eigenvalue weighted by Crippen LogP contribution is 2.19. The number of methoxy groups -OCH3 is 1. The second kappa shape index (κ2) is 5.79. The van der Waals surface area contributed by atoms with E-state index in [2.05, 4.69) is 18.2 Å². The smallest absolute Gasteiger partial charge is 0.308 e. The van der Waals surface area contributed by atoms with Crippen LogP contribution < -0.4 is 0 Å². The fraction of sp³-hybridized carbons (Fsp3) is 0.727. The average Bonchev–Trinajstić information content (AvgIpc) is 2.01. The first-order chi connectivity index (χ1) is 5.97. The molecule has 0 bridgehead atoms. The zero-order valence-electron chi connectivity index (χ0n) is 9.09. The van der Waals surface area contributed by atoms with Crippen LogP contribution in [0.25, 0.3) is 0 Å². The van der Waals surface area contributed by atoms with Crippen LogP contribution >= 0.6 is 0 Å². The summed E-state index contributed by atoms with van der Waals surface area (Å²) >= 11 is 0. The number of ether oxygens (including phenoxy) is 1. The molecule has 0 saturated heterocycles. The van der Waals surface area contributed by atoms with Gasteiger partial charge in [0.05, 0.1) is 13.0 Å². The maximum atomic E-state index is 11.1. The highest BCUT2D eigenvalue weighted by molar-refractivity contribution is 5.71. The molecule has 2 heteroatoms. The van der Waals surface area contributed by atoms with E-state index in [1.807, 2.05) is 13.8 Å². The summed E-state index contributed by atoms with van der Waals surface area (Å²) in [4.78, 5) is 11.1. The number of rotatable bonds is 5. The van der Waals surface area contributed by atoms with E-state index in [4.69, 9.17) is 0 Å². The largest absolute Gasteiger partial charge is 0.469 e. The molecule has 0 aromatic rings. The third-order valence-corrected chi connectivity index (χ3v) is 2.06. The van der Waals surface area contributed by atoms with Gasteiger partial charge >= 0.3 is 5.97 Å². The molecule has 0 aromatic heterocycles. The van der Waals surface area contributed by atoms with Crippen LogP contribution in [0.5, 0.6) is 0 Å². The maximum Gasteiger partial charge on any atom is 0.308 e. The van der Waals surface area contributed by atoms with Crippen LogP contribution in [0.2, 0.25) is 0 Å². The maximum absolute atomic E-state index is 11.1. The average molecular weight is 184 g/mol. The Hall–Kier alpha value is -0.790. The lowest BCUT2D eigenvalue weighted by atomic mass is 9.92. The summed E-state index contributed by atoms with van der Waals surface area (Å²) in [5, 5.41) is 0. The van der Waals surface area contributed by atoms with E-state index in [-0.39, 0.29) is 11.9 Å². The van der Waals surface area contributed by atoms with Gasteiger partial charge in [0, 0.05) is 0 Å². The summed E-state index contributed by atoms with van der Waals surface area (Å²) in [6, 6.07) is 0. The Bertz CT molecular complexity index is 185. The van der Waals surface area contributed by atoms with Gasteiger partial charge < -0.3 is 4.74 Å². The zero-order chi connectivity index (χ0) is 10.4. The summed E-state index contributed by atoms with van der Waals surface area (Å²) in [6.07, 6.45) is 1.86. The Morgan fingerprint density at radius 2 is 2.00 bits per heavy atom. The van der Waals surface area contributed by atoms with E-state index in [0.29, 0.717) is 5.92 Å². The van der Waals surface area contributed by atoms with Gasteiger partial charge in [-0.1, -0.05) is 19.4 Å². The van der Waals surface area contributed by atoms with Gasteiger partial charge in [0.1, 0.15) is 0 Å². The highest BCUT2D eigenvalue weighted by Gasteiger charge is 2.16. The van der Waals surface area contributed by atoms with Gasteiger partial charge in [0.2, 0.25) is 0 Å². The summed E-state index contributed by atoms with van der Waals surface area (Å²) in [6.45, 7) is 9.90. The molecule has 0 heterocycles. The quantitative estimate of drug-likeness (QED) is 0.485. The van der Waals surface area contributed by atoms with E-state index < -0.39 is 0 Å². The van der Waals surface area contributed by atoms with Crippen molar-refractivity contribution in [1.82, 2.24) is 0 Å². The van der Waals surface area contributed by atoms with Gasteiger partial charge in [-0.3, -0.25) is 4.79 Å². The monoisotopic (exact) mass is 184 g/mol. The third-order valence-electron chi connectivity index (χ3n) is 2.06. The van der Waals surface area contributed by atoms with Crippen molar-refractivity contribution in [3.63, 3.8) is 0 Å². The Morgan fingerprint density at radius 1 is 1.46 bits per heavy atom. The van der Waals surface area contributed by atoms with E-state index in [1.54, 1.807) is 0 Å². The van der Waals surface area contributed by atoms with E-state index in [9.17, 15) is 4.79 Å². The molecule has 2 atom stereocenters. The molecule has 2 nitrogen and oxygen atoms in total. The first-order valence-corrected chi connectivity index (χ1v) is 4.69. The summed E-state index contributed by atoms with van der Waals surface area (Å²) in [5.41, 5.74) is 1.17. The van der Waals surface area contributed by atoms with Gasteiger partial charge in [-0.25, -0.2) is 0 Å². The predicted octanol–water partition coefficient (Wildman–Crippen LogP) is 2.79. The van der Waals surface area contributed by atoms with E-state index >= 15 is 0 Å². The lowest BCUT2D eigenvalue weighted by Gasteiger charge is -2.15. The van der Waals surface area contributed by atoms with Crippen molar-refractivity contribution >= 4 is 5.97 Å². The minimum absolute atomic E-state index is 0.000602. The van der Waals surface area contributed by atoms with Gasteiger partial charge in [-0.05, 0) is 25.7 Å². The van der Waals surface area contributed by atoms with Crippen LogP contribution in [0, 0.1) is 11.8 Å². The van der Waals surface area contributed by atoms with E-state index in [1.165, 1.54) is 12.7 Å². The fourth-order valence-electron chi connectivity index (χ4n) is 1.58. The zero-order valence-corrected chi connectivity index (χ0v) is 9.09. The number of carbonyl (C=O) groups is 1. The van der Waals surface area contributed by atoms with Crippen LogP contribution in [0.4, 0.5) is 0 Å². The van der Waals surface area contributed by atoms with Crippen molar-refractivity contribution in [3.8, 4) is 0 Å². The third kappa shape index (κ3) is 5.45. The van der Waals surface area contributed by atoms with Crippen LogP contribution in [-0.4, -0.2) is 13.1 Å². The van der Waals surface area contributed by atoms with Crippen LogP contribution in [0.1, 0.15) is 33.6 Å². The van der Waals surface area contributed by atoms with Crippen molar-refractivity contribution in [2.75, 3.05) is 7.11 Å². The summed E-state index contributed by atoms with van der Waals surface area (Å²) < 4.78 is 4.66. The molecule has 13 heavy (non-hydrogen) atoms. The van der Waals surface area contributed by atoms with Crippen molar-refractivity contribution in [3.05, 3.63) is 12.2 Å². The molecular weight excluding hydrogens is 164 g/mol. The van der Waals surface area contributed by atoms with Gasteiger partial charge in [0.25, 0.3) is 0 Å². The summed E-state index contributed by atoms with van der Waals surface area (Å²) in [7, 11) is 1.43. The number of hydrogen-bond acceptors (Lipinski definition) is 2. The Balaban J connectivity index is 3.83. The standard InChI is InChI=1S/C11H20O2/c1-8(2)6-9(3)7-10(4)11(12)13-5/h9-10H,1,6-7H2,2-5H3/t9-,10-/m1/s1. The Kier molecular flexibility index (Phi) is 5.44. The predicted molar refractivity (Wildman–Crippen MR) is 54.4 cm³/mol. The first-order valence-electron chi connectivity index (χ1n) is 4.69. The molecular formula is C11H20O2. The minimum atomic E-state index is -0.117. The molecule has 0 aromatic carbocycles. The minimum Gasteiger partial charge on any atom is -0.469 e. The van der Waals surface area contributed by atoms with Gasteiger partial charge in [0.15, 0.2) is 0 Å². The molecule has 0 amide bonds. The molecule has 0 fully saturated rings. The molecule has 76 valence electrons. The van der Waals surface area contributed by atoms with Crippen molar-refractivity contribution in [2.24, 2.45) is 11.8 Å². The second-order valence-corrected chi connectivity index (χ2v) is 3.93. The molecule has 0 aliphatic rings. The van der Waals surface area contributed by atoms with Gasteiger partial charge in [-0.2, -0.15) is 0 Å². The number of carbonyl (C=O) groups excluding carboxylic acids is 1. The normalized spacial score (nSPS) is 14.8. The molecule has 0 aliphatic carbocycles. The molecule has 0 rings (SSSR count). The topological polar surface area (TPSA) is 26.3 Å². The van der Waals surface area contributed by atoms with Crippen molar-refractivity contribution < 1.29 is 9.53 Å².